The molecule has 0 aromatic heterocycles. The van der Waals surface area contributed by atoms with Gasteiger partial charge in [0.15, 0.2) is 11.6 Å². The van der Waals surface area contributed by atoms with Crippen molar-refractivity contribution in [2.24, 2.45) is 0 Å². The van der Waals surface area contributed by atoms with Crippen LogP contribution in [0, 0.1) is 5.82 Å². The molecule has 0 amide bonds. The average molecular weight is 227 g/mol. The van der Waals surface area contributed by atoms with E-state index >= 15 is 0 Å². The predicted octanol–water partition coefficient (Wildman–Crippen LogP) is 1.87. The summed E-state index contributed by atoms with van der Waals surface area (Å²) in [6.07, 6.45) is 0. The number of nitrogens with one attached hydrogen (secondary N) is 1. The van der Waals surface area contributed by atoms with Crippen molar-refractivity contribution < 1.29 is 14.2 Å². The molecule has 3 nitrogen and oxygen atoms in total. The van der Waals surface area contributed by atoms with E-state index in [4.69, 9.17) is 9.84 Å². The van der Waals surface area contributed by atoms with Crippen LogP contribution in [0.1, 0.15) is 25.5 Å². The third kappa shape index (κ3) is 3.18. The highest BCUT2D eigenvalue weighted by atomic mass is 19.1. The summed E-state index contributed by atoms with van der Waals surface area (Å²) in [5, 5.41) is 12.1. The van der Waals surface area contributed by atoms with Gasteiger partial charge in [-0.25, -0.2) is 4.39 Å². The maximum Gasteiger partial charge on any atom is 0.165 e. The zero-order chi connectivity index (χ0) is 12.1. The summed E-state index contributed by atoms with van der Waals surface area (Å²) >= 11 is 0. The minimum absolute atomic E-state index is 0.0115. The van der Waals surface area contributed by atoms with Crippen LogP contribution in [-0.4, -0.2) is 24.9 Å². The molecule has 0 heterocycles. The molecule has 0 saturated heterocycles. The van der Waals surface area contributed by atoms with Gasteiger partial charge in [0, 0.05) is 12.1 Å². The third-order valence-corrected chi connectivity index (χ3v) is 2.48. The average Bonchev–Trinajstić information content (AvgIpc) is 2.28. The van der Waals surface area contributed by atoms with E-state index in [-0.39, 0.29) is 30.3 Å². The van der Waals surface area contributed by atoms with Crippen LogP contribution in [-0.2, 0) is 0 Å². The van der Waals surface area contributed by atoms with Gasteiger partial charge in [0.05, 0.1) is 13.7 Å². The standard InChI is InChI=1S/C12H18FNO2/c1-8(7-15)14-9(2)10-4-5-12(16-3)11(13)6-10/h4-6,8-9,14-15H,7H2,1-3H3/t8-,9?/m0/s1. The molecule has 16 heavy (non-hydrogen) atoms. The second kappa shape index (κ2) is 5.82. The Labute approximate surface area is 95.2 Å². The number of hydrogen-bond donors (Lipinski definition) is 2. The fourth-order valence-electron chi connectivity index (χ4n) is 1.53. The van der Waals surface area contributed by atoms with Crippen LogP contribution in [0.4, 0.5) is 4.39 Å². The van der Waals surface area contributed by atoms with Crippen LogP contribution in [0.15, 0.2) is 18.2 Å². The summed E-state index contributed by atoms with van der Waals surface area (Å²) in [6, 6.07) is 4.83. The number of hydrogen-bond acceptors (Lipinski definition) is 3. The normalized spacial score (nSPS) is 14.6. The Balaban J connectivity index is 2.76. The van der Waals surface area contributed by atoms with Crippen molar-refractivity contribution in [2.75, 3.05) is 13.7 Å². The maximum absolute atomic E-state index is 13.4. The van der Waals surface area contributed by atoms with Gasteiger partial charge in [0.1, 0.15) is 0 Å². The van der Waals surface area contributed by atoms with Crippen molar-refractivity contribution in [3.05, 3.63) is 29.6 Å². The van der Waals surface area contributed by atoms with Crippen molar-refractivity contribution in [3.8, 4) is 5.75 Å². The molecule has 1 aromatic rings. The maximum atomic E-state index is 13.4. The number of benzene rings is 1. The van der Waals surface area contributed by atoms with E-state index in [0.717, 1.165) is 5.56 Å². The molecule has 1 rings (SSSR count). The lowest BCUT2D eigenvalue weighted by Gasteiger charge is -2.19. The van der Waals surface area contributed by atoms with Gasteiger partial charge in [-0.05, 0) is 31.5 Å². The number of aliphatic hydroxyl groups excluding tert-OH is 1. The molecule has 0 bridgehead atoms. The molecular formula is C12H18FNO2. The van der Waals surface area contributed by atoms with Crippen molar-refractivity contribution >= 4 is 0 Å². The Hall–Kier alpha value is -1.13. The highest BCUT2D eigenvalue weighted by Gasteiger charge is 2.11. The lowest BCUT2D eigenvalue weighted by molar-refractivity contribution is 0.243. The highest BCUT2D eigenvalue weighted by Crippen LogP contribution is 2.21. The van der Waals surface area contributed by atoms with Gasteiger partial charge >= 0.3 is 0 Å². The zero-order valence-electron chi connectivity index (χ0n) is 9.83. The quantitative estimate of drug-likeness (QED) is 0.806. The molecule has 0 aliphatic carbocycles. The summed E-state index contributed by atoms with van der Waals surface area (Å²) in [7, 11) is 1.44. The first-order valence-electron chi connectivity index (χ1n) is 5.28. The van der Waals surface area contributed by atoms with Crippen molar-refractivity contribution in [2.45, 2.75) is 25.9 Å². The molecule has 1 aromatic carbocycles. The van der Waals surface area contributed by atoms with Gasteiger partial charge in [-0.3, -0.25) is 0 Å². The lowest BCUT2D eigenvalue weighted by atomic mass is 10.1. The Morgan fingerprint density at radius 3 is 2.62 bits per heavy atom. The van der Waals surface area contributed by atoms with Gasteiger partial charge < -0.3 is 15.2 Å². The summed E-state index contributed by atoms with van der Waals surface area (Å²) in [6.45, 7) is 3.85. The van der Waals surface area contributed by atoms with Crippen molar-refractivity contribution in [1.29, 1.82) is 0 Å². The summed E-state index contributed by atoms with van der Waals surface area (Å²) < 4.78 is 18.3. The topological polar surface area (TPSA) is 41.5 Å². The molecule has 0 aliphatic heterocycles. The third-order valence-electron chi connectivity index (χ3n) is 2.48. The van der Waals surface area contributed by atoms with Crippen LogP contribution < -0.4 is 10.1 Å². The minimum Gasteiger partial charge on any atom is -0.494 e. The molecule has 0 spiro atoms. The number of aliphatic hydroxyl groups is 1. The molecule has 2 N–H and O–H groups in total. The zero-order valence-corrected chi connectivity index (χ0v) is 9.83. The first kappa shape index (κ1) is 12.9. The van der Waals surface area contributed by atoms with E-state index in [9.17, 15) is 4.39 Å². The van der Waals surface area contributed by atoms with E-state index < -0.39 is 0 Å². The van der Waals surface area contributed by atoms with E-state index in [2.05, 4.69) is 5.32 Å². The Bertz CT molecular complexity index is 344. The Kier molecular flexibility index (Phi) is 4.71. The van der Waals surface area contributed by atoms with E-state index in [0.29, 0.717) is 0 Å². The molecule has 90 valence electrons. The molecule has 2 atom stereocenters. The number of ether oxygens (including phenoxy) is 1. The molecule has 0 radical (unpaired) electrons. The number of rotatable bonds is 5. The largest absolute Gasteiger partial charge is 0.494 e. The summed E-state index contributed by atoms with van der Waals surface area (Å²) in [4.78, 5) is 0. The number of halogens is 1. The summed E-state index contributed by atoms with van der Waals surface area (Å²) in [5.41, 5.74) is 0.832. The smallest absolute Gasteiger partial charge is 0.165 e. The van der Waals surface area contributed by atoms with Gasteiger partial charge in [0.25, 0.3) is 0 Å². The van der Waals surface area contributed by atoms with Crippen LogP contribution in [0.2, 0.25) is 0 Å². The molecule has 0 fully saturated rings. The van der Waals surface area contributed by atoms with Crippen LogP contribution in [0.5, 0.6) is 5.75 Å². The molecule has 0 saturated carbocycles. The van der Waals surface area contributed by atoms with Crippen LogP contribution in [0.25, 0.3) is 0 Å². The van der Waals surface area contributed by atoms with E-state index in [1.165, 1.54) is 13.2 Å². The van der Waals surface area contributed by atoms with E-state index in [1.807, 2.05) is 19.9 Å². The molecule has 1 unspecified atom stereocenters. The molecular weight excluding hydrogens is 209 g/mol. The lowest BCUT2D eigenvalue weighted by Crippen LogP contribution is -2.31. The number of methoxy groups -OCH3 is 1. The minimum atomic E-state index is -0.370. The highest BCUT2D eigenvalue weighted by molar-refractivity contribution is 5.30. The fraction of sp³-hybridized carbons (Fsp3) is 0.500. The van der Waals surface area contributed by atoms with Crippen molar-refractivity contribution in [3.63, 3.8) is 0 Å². The van der Waals surface area contributed by atoms with Gasteiger partial charge in [0.2, 0.25) is 0 Å². The Morgan fingerprint density at radius 2 is 2.12 bits per heavy atom. The predicted molar refractivity (Wildman–Crippen MR) is 61.1 cm³/mol. The van der Waals surface area contributed by atoms with Crippen LogP contribution >= 0.6 is 0 Å². The second-order valence-corrected chi connectivity index (χ2v) is 3.87. The Morgan fingerprint density at radius 1 is 1.44 bits per heavy atom. The SMILES string of the molecule is COc1ccc(C(C)N[C@@H](C)CO)cc1F. The molecule has 4 heteroatoms. The second-order valence-electron chi connectivity index (χ2n) is 3.87. The van der Waals surface area contributed by atoms with Gasteiger partial charge in [-0.2, -0.15) is 0 Å². The summed E-state index contributed by atoms with van der Waals surface area (Å²) in [5.74, 6) is -0.128. The first-order valence-corrected chi connectivity index (χ1v) is 5.28. The first-order chi connectivity index (χ1) is 7.58. The van der Waals surface area contributed by atoms with Gasteiger partial charge in [-0.15, -0.1) is 0 Å². The van der Waals surface area contributed by atoms with Crippen LogP contribution in [0.3, 0.4) is 0 Å². The van der Waals surface area contributed by atoms with Crippen molar-refractivity contribution in [1.82, 2.24) is 5.32 Å². The molecule has 0 aliphatic rings. The monoisotopic (exact) mass is 227 g/mol. The van der Waals surface area contributed by atoms with Gasteiger partial charge in [-0.1, -0.05) is 6.07 Å². The van der Waals surface area contributed by atoms with E-state index in [1.54, 1.807) is 6.07 Å². The fourth-order valence-corrected chi connectivity index (χ4v) is 1.53.